The number of nitrogens with zero attached hydrogens (tertiary/aromatic N) is 3. The van der Waals surface area contributed by atoms with Crippen LogP contribution in [0.15, 0.2) is 46.3 Å². The molecule has 0 amide bonds. The Morgan fingerprint density at radius 1 is 1.10 bits per heavy atom. The van der Waals surface area contributed by atoms with Crippen LogP contribution in [0.1, 0.15) is 5.56 Å². The lowest BCUT2D eigenvalue weighted by atomic mass is 10.2. The van der Waals surface area contributed by atoms with Crippen molar-refractivity contribution in [1.29, 1.82) is 0 Å². The van der Waals surface area contributed by atoms with Gasteiger partial charge in [0.15, 0.2) is 5.03 Å². The van der Waals surface area contributed by atoms with Gasteiger partial charge in [0, 0.05) is 36.6 Å². The molecule has 1 N–H and O–H groups in total. The average molecular weight is 459 g/mol. The summed E-state index contributed by atoms with van der Waals surface area (Å²) >= 11 is 6.26. The van der Waals surface area contributed by atoms with Crippen LogP contribution < -0.4 is 4.90 Å². The third kappa shape index (κ3) is 3.75. The molecule has 0 bridgehead atoms. The number of anilines is 1. The van der Waals surface area contributed by atoms with E-state index in [2.05, 4.69) is 20.0 Å². The largest absolute Gasteiger partial charge is 0.416 e. The van der Waals surface area contributed by atoms with E-state index in [1.54, 1.807) is 6.07 Å². The van der Waals surface area contributed by atoms with Gasteiger partial charge < -0.3 is 9.80 Å². The van der Waals surface area contributed by atoms with Crippen molar-refractivity contribution in [2.24, 2.45) is 0 Å². The summed E-state index contributed by atoms with van der Waals surface area (Å²) in [7, 11) is -2.27. The number of hydrogen-bond donors (Lipinski definition) is 1. The van der Waals surface area contributed by atoms with Gasteiger partial charge in [-0.1, -0.05) is 17.7 Å². The van der Waals surface area contributed by atoms with Gasteiger partial charge in [0.25, 0.3) is 0 Å². The summed E-state index contributed by atoms with van der Waals surface area (Å²) in [4.78, 5) is 3.77. The second kappa shape index (κ2) is 7.44. The number of H-pyrrole nitrogens is 1. The zero-order valence-electron chi connectivity index (χ0n) is 15.9. The fourth-order valence-corrected chi connectivity index (χ4v) is 5.09. The first-order valence-electron chi connectivity index (χ1n) is 9.11. The predicted octanol–water partition coefficient (Wildman–Crippen LogP) is 3.82. The first-order chi connectivity index (χ1) is 14.1. The fourth-order valence-electron chi connectivity index (χ4n) is 3.49. The molecule has 160 valence electrons. The van der Waals surface area contributed by atoms with E-state index in [4.69, 9.17) is 11.6 Å². The summed E-state index contributed by atoms with van der Waals surface area (Å²) in [6, 6.07) is 6.82. The third-order valence-electron chi connectivity index (χ3n) is 5.15. The quantitative estimate of drug-likeness (QED) is 0.646. The summed E-state index contributed by atoms with van der Waals surface area (Å²) in [5, 5.41) is 6.97. The minimum absolute atomic E-state index is 0.244. The van der Waals surface area contributed by atoms with Crippen LogP contribution in [0.3, 0.4) is 0 Å². The zero-order valence-corrected chi connectivity index (χ0v) is 17.4. The number of halogens is 4. The number of likely N-dealkylation sites (N-methyl/N-ethyl adjacent to an activating group) is 1. The van der Waals surface area contributed by atoms with Gasteiger partial charge in [-0.05, 0) is 37.4 Å². The monoisotopic (exact) mass is 458 g/mol. The van der Waals surface area contributed by atoms with Gasteiger partial charge in [-0.15, -0.1) is 0 Å². The number of piperazine rings is 1. The summed E-state index contributed by atoms with van der Waals surface area (Å²) in [6.07, 6.45) is -4.65. The van der Waals surface area contributed by atoms with Crippen molar-refractivity contribution >= 4 is 38.0 Å². The van der Waals surface area contributed by atoms with E-state index in [0.717, 1.165) is 31.3 Å². The van der Waals surface area contributed by atoms with E-state index in [1.807, 2.05) is 7.05 Å². The summed E-state index contributed by atoms with van der Waals surface area (Å²) < 4.78 is 65.4. The summed E-state index contributed by atoms with van der Waals surface area (Å²) in [6.45, 7) is 3.09. The van der Waals surface area contributed by atoms with Crippen molar-refractivity contribution in [3.63, 3.8) is 0 Å². The highest BCUT2D eigenvalue weighted by Gasteiger charge is 2.33. The first-order valence-corrected chi connectivity index (χ1v) is 11.0. The molecule has 1 aromatic heterocycles. The number of hydrogen-bond acceptors (Lipinski definition) is 5. The van der Waals surface area contributed by atoms with Crippen molar-refractivity contribution in [2.75, 3.05) is 38.1 Å². The van der Waals surface area contributed by atoms with Crippen LogP contribution in [0.4, 0.5) is 18.9 Å². The fraction of sp³-hybridized carbons (Fsp3) is 0.316. The molecule has 3 aromatic rings. The van der Waals surface area contributed by atoms with Crippen molar-refractivity contribution in [2.45, 2.75) is 16.1 Å². The van der Waals surface area contributed by atoms with E-state index < -0.39 is 26.5 Å². The van der Waals surface area contributed by atoms with Gasteiger partial charge in [-0.2, -0.15) is 18.3 Å². The number of rotatable bonds is 3. The van der Waals surface area contributed by atoms with E-state index in [9.17, 15) is 21.6 Å². The molecule has 1 saturated heterocycles. The smallest absolute Gasteiger partial charge is 0.367 e. The van der Waals surface area contributed by atoms with Gasteiger partial charge in [0.1, 0.15) is 5.52 Å². The molecule has 6 nitrogen and oxygen atoms in total. The Balaban J connectivity index is 1.82. The van der Waals surface area contributed by atoms with Gasteiger partial charge in [-0.3, -0.25) is 5.10 Å². The molecule has 11 heteroatoms. The van der Waals surface area contributed by atoms with E-state index in [0.29, 0.717) is 35.4 Å². The van der Waals surface area contributed by atoms with E-state index in [1.165, 1.54) is 6.07 Å². The third-order valence-corrected chi connectivity index (χ3v) is 7.09. The molecular weight excluding hydrogens is 441 g/mol. The number of fused-ring (bicyclic) bond motifs is 1. The molecule has 0 saturated carbocycles. The molecular formula is C19H18ClF3N4O2S. The number of nitrogens with one attached hydrogen (secondary N) is 1. The molecule has 0 aliphatic carbocycles. The maximum atomic E-state index is 13.1. The molecule has 30 heavy (non-hydrogen) atoms. The normalized spacial score (nSPS) is 16.4. The lowest BCUT2D eigenvalue weighted by Gasteiger charge is -2.34. The number of alkyl halides is 3. The van der Waals surface area contributed by atoms with Crippen molar-refractivity contribution in [3.8, 4) is 0 Å². The Bertz CT molecular complexity index is 1200. The minimum atomic E-state index is -4.65. The number of sulfone groups is 1. The van der Waals surface area contributed by atoms with E-state index >= 15 is 0 Å². The number of benzene rings is 2. The SMILES string of the molecule is CN1CCN(c2cc(Cl)cc3c(S(=O)(=O)c4cccc(C(F)(F)F)c4)[nH]nc23)CC1. The average Bonchev–Trinajstić information content (AvgIpc) is 3.12. The van der Waals surface area contributed by atoms with Crippen LogP contribution in [0, 0.1) is 0 Å². The van der Waals surface area contributed by atoms with Gasteiger partial charge in [0.05, 0.1) is 16.1 Å². The Kier molecular flexibility index (Phi) is 5.19. The molecule has 1 aliphatic rings. The molecule has 1 aliphatic heterocycles. The van der Waals surface area contributed by atoms with Crippen LogP contribution in [-0.2, 0) is 16.0 Å². The van der Waals surface area contributed by atoms with Crippen LogP contribution in [0.25, 0.3) is 10.9 Å². The molecule has 2 aromatic carbocycles. The summed E-state index contributed by atoms with van der Waals surface area (Å²) in [5.74, 6) is 0. The van der Waals surface area contributed by atoms with Crippen LogP contribution in [0.2, 0.25) is 5.02 Å². The highest BCUT2D eigenvalue weighted by molar-refractivity contribution is 7.91. The molecule has 0 atom stereocenters. The molecule has 0 radical (unpaired) electrons. The minimum Gasteiger partial charge on any atom is -0.367 e. The predicted molar refractivity (Wildman–Crippen MR) is 108 cm³/mol. The van der Waals surface area contributed by atoms with Crippen molar-refractivity contribution in [3.05, 3.63) is 47.0 Å². The van der Waals surface area contributed by atoms with Crippen LogP contribution in [0.5, 0.6) is 0 Å². The van der Waals surface area contributed by atoms with Gasteiger partial charge in [0.2, 0.25) is 9.84 Å². The highest BCUT2D eigenvalue weighted by atomic mass is 35.5. The van der Waals surface area contributed by atoms with Crippen molar-refractivity contribution in [1.82, 2.24) is 15.1 Å². The molecule has 0 spiro atoms. The summed E-state index contributed by atoms with van der Waals surface area (Å²) in [5.41, 5.74) is 0.0606. The second-order valence-electron chi connectivity index (χ2n) is 7.19. The number of aromatic nitrogens is 2. The topological polar surface area (TPSA) is 69.3 Å². The Morgan fingerprint density at radius 3 is 2.47 bits per heavy atom. The molecule has 0 unspecified atom stereocenters. The van der Waals surface area contributed by atoms with Gasteiger partial charge >= 0.3 is 6.18 Å². The molecule has 2 heterocycles. The second-order valence-corrected chi connectivity index (χ2v) is 9.52. The number of aromatic amines is 1. The molecule has 1 fully saturated rings. The molecule has 4 rings (SSSR count). The lowest BCUT2D eigenvalue weighted by Crippen LogP contribution is -2.44. The maximum absolute atomic E-state index is 13.1. The highest BCUT2D eigenvalue weighted by Crippen LogP contribution is 2.36. The van der Waals surface area contributed by atoms with Crippen molar-refractivity contribution < 1.29 is 21.6 Å². The van der Waals surface area contributed by atoms with Gasteiger partial charge in [-0.25, -0.2) is 8.42 Å². The Hall–Kier alpha value is -2.30. The lowest BCUT2D eigenvalue weighted by molar-refractivity contribution is -0.137. The standard InChI is InChI=1S/C19H18ClF3N4O2S/c1-26-5-7-27(8-6-26)16-11-13(20)10-15-17(16)24-25-18(15)30(28,29)14-4-2-3-12(9-14)19(21,22)23/h2-4,9-11H,5-8H2,1H3,(H,24,25). The zero-order chi connectivity index (χ0) is 21.7. The first kappa shape index (κ1) is 21.0. The maximum Gasteiger partial charge on any atom is 0.416 e. The van der Waals surface area contributed by atoms with Crippen LogP contribution in [-0.4, -0.2) is 56.7 Å². The van der Waals surface area contributed by atoms with Crippen LogP contribution >= 0.6 is 11.6 Å². The van der Waals surface area contributed by atoms with E-state index in [-0.39, 0.29) is 10.4 Å². The Morgan fingerprint density at radius 2 is 1.80 bits per heavy atom. The Labute approximate surface area is 176 Å².